The zero-order chi connectivity index (χ0) is 15.6. The van der Waals surface area contributed by atoms with Crippen LogP contribution in [0.15, 0.2) is 52.5 Å². The number of nitrogens with zero attached hydrogens (tertiary/aromatic N) is 2. The molecule has 0 radical (unpaired) electrons. The van der Waals surface area contributed by atoms with Crippen LogP contribution in [-0.4, -0.2) is 17.4 Å². The number of amides is 1. The van der Waals surface area contributed by atoms with Crippen LogP contribution in [0.25, 0.3) is 10.8 Å². The second-order valence-corrected chi connectivity index (χ2v) is 6.42. The van der Waals surface area contributed by atoms with Crippen molar-refractivity contribution in [2.75, 3.05) is 11.4 Å². The topological polar surface area (TPSA) is 46.3 Å². The maximum atomic E-state index is 12.9. The number of thiazole rings is 1. The van der Waals surface area contributed by atoms with E-state index in [1.54, 1.807) is 6.26 Å². The molecule has 1 aliphatic rings. The summed E-state index contributed by atoms with van der Waals surface area (Å²) < 4.78 is 5.36. The number of benzene rings is 1. The molecule has 0 fully saturated rings. The number of para-hydroxylation sites is 1. The minimum absolute atomic E-state index is 0.0339. The number of aryl methyl sites for hydroxylation is 1. The van der Waals surface area contributed by atoms with Gasteiger partial charge in [-0.25, -0.2) is 4.98 Å². The van der Waals surface area contributed by atoms with E-state index in [4.69, 9.17) is 4.42 Å². The van der Waals surface area contributed by atoms with Gasteiger partial charge in [0.05, 0.1) is 6.26 Å². The highest BCUT2D eigenvalue weighted by molar-refractivity contribution is 7.13. The van der Waals surface area contributed by atoms with Crippen molar-refractivity contribution in [3.05, 3.63) is 59.3 Å². The van der Waals surface area contributed by atoms with Crippen LogP contribution in [0.2, 0.25) is 0 Å². The molecule has 4 nitrogen and oxygen atoms in total. The zero-order valence-corrected chi connectivity index (χ0v) is 13.4. The predicted octanol–water partition coefficient (Wildman–Crippen LogP) is 4.39. The molecule has 0 bridgehead atoms. The Kier molecular flexibility index (Phi) is 3.71. The molecule has 0 spiro atoms. The molecule has 3 heterocycles. The SMILES string of the molecule is O=C(c1csc(-c2ccco2)n1)N1CCCCc2ccccc21. The molecule has 2 aromatic heterocycles. The summed E-state index contributed by atoms with van der Waals surface area (Å²) in [5.74, 6) is 0.665. The van der Waals surface area contributed by atoms with Crippen molar-refractivity contribution in [3.63, 3.8) is 0 Å². The van der Waals surface area contributed by atoms with Crippen molar-refractivity contribution >= 4 is 22.9 Å². The lowest BCUT2D eigenvalue weighted by Gasteiger charge is -2.21. The molecule has 23 heavy (non-hydrogen) atoms. The standard InChI is InChI=1S/C18H16N2O2S/c21-18(14-12-23-17(19-14)16-9-5-11-22-16)20-10-4-3-7-13-6-1-2-8-15(13)20/h1-2,5-6,8-9,11-12H,3-4,7,10H2. The fraction of sp³-hybridized carbons (Fsp3) is 0.222. The number of hydrogen-bond acceptors (Lipinski definition) is 4. The lowest BCUT2D eigenvalue weighted by Crippen LogP contribution is -2.32. The predicted molar refractivity (Wildman–Crippen MR) is 90.9 cm³/mol. The first-order chi connectivity index (χ1) is 11.3. The van der Waals surface area contributed by atoms with E-state index < -0.39 is 0 Å². The van der Waals surface area contributed by atoms with Crippen LogP contribution in [-0.2, 0) is 6.42 Å². The molecule has 0 N–H and O–H groups in total. The quantitative estimate of drug-likeness (QED) is 0.702. The molecular weight excluding hydrogens is 308 g/mol. The summed E-state index contributed by atoms with van der Waals surface area (Å²) in [6, 6.07) is 11.8. The number of aromatic nitrogens is 1. The Morgan fingerprint density at radius 1 is 1.17 bits per heavy atom. The van der Waals surface area contributed by atoms with Crippen LogP contribution in [0.3, 0.4) is 0 Å². The minimum atomic E-state index is -0.0339. The largest absolute Gasteiger partial charge is 0.462 e. The second-order valence-electron chi connectivity index (χ2n) is 5.56. The van der Waals surface area contributed by atoms with Gasteiger partial charge in [-0.2, -0.15) is 0 Å². The summed E-state index contributed by atoms with van der Waals surface area (Å²) in [5.41, 5.74) is 2.74. The Bertz CT molecular complexity index is 823. The van der Waals surface area contributed by atoms with Crippen LogP contribution in [0, 0.1) is 0 Å². The highest BCUT2D eigenvalue weighted by atomic mass is 32.1. The smallest absolute Gasteiger partial charge is 0.277 e. The van der Waals surface area contributed by atoms with E-state index in [1.165, 1.54) is 16.9 Å². The molecule has 5 heteroatoms. The lowest BCUT2D eigenvalue weighted by atomic mass is 10.1. The highest BCUT2D eigenvalue weighted by Crippen LogP contribution is 2.29. The monoisotopic (exact) mass is 324 g/mol. The minimum Gasteiger partial charge on any atom is -0.462 e. The van der Waals surface area contributed by atoms with E-state index in [2.05, 4.69) is 11.1 Å². The van der Waals surface area contributed by atoms with Crippen molar-refractivity contribution in [1.82, 2.24) is 4.98 Å². The van der Waals surface area contributed by atoms with Gasteiger partial charge in [0, 0.05) is 17.6 Å². The third-order valence-electron chi connectivity index (χ3n) is 4.06. The summed E-state index contributed by atoms with van der Waals surface area (Å²) in [7, 11) is 0. The van der Waals surface area contributed by atoms with Crippen molar-refractivity contribution in [1.29, 1.82) is 0 Å². The summed E-state index contributed by atoms with van der Waals surface area (Å²) in [6.07, 6.45) is 4.75. The summed E-state index contributed by atoms with van der Waals surface area (Å²) >= 11 is 1.43. The first-order valence-electron chi connectivity index (χ1n) is 7.72. The number of fused-ring (bicyclic) bond motifs is 1. The van der Waals surface area contributed by atoms with Crippen LogP contribution in [0.4, 0.5) is 5.69 Å². The van der Waals surface area contributed by atoms with Crippen LogP contribution < -0.4 is 4.90 Å². The summed E-state index contributed by atoms with van der Waals surface area (Å²) in [5, 5.41) is 2.55. The molecule has 0 atom stereocenters. The Morgan fingerprint density at radius 2 is 2.09 bits per heavy atom. The fourth-order valence-electron chi connectivity index (χ4n) is 2.93. The van der Waals surface area contributed by atoms with Crippen molar-refractivity contribution in [2.24, 2.45) is 0 Å². The Morgan fingerprint density at radius 3 is 2.96 bits per heavy atom. The fourth-order valence-corrected chi connectivity index (χ4v) is 3.69. The van der Waals surface area contributed by atoms with Gasteiger partial charge in [0.1, 0.15) is 5.69 Å². The average Bonchev–Trinajstić information content (AvgIpc) is 3.22. The molecular formula is C18H16N2O2S. The third-order valence-corrected chi connectivity index (χ3v) is 4.92. The molecule has 0 saturated carbocycles. The summed E-state index contributed by atoms with van der Waals surface area (Å²) in [4.78, 5) is 19.3. The molecule has 116 valence electrons. The van der Waals surface area contributed by atoms with Gasteiger partial charge >= 0.3 is 0 Å². The van der Waals surface area contributed by atoms with Gasteiger partial charge in [-0.1, -0.05) is 18.2 Å². The molecule has 0 unspecified atom stereocenters. The molecule has 0 saturated heterocycles. The number of carbonyl (C=O) groups is 1. The van der Waals surface area contributed by atoms with E-state index in [9.17, 15) is 4.79 Å². The van der Waals surface area contributed by atoms with Crippen molar-refractivity contribution in [3.8, 4) is 10.8 Å². The second kappa shape index (κ2) is 6.01. The molecule has 1 amide bonds. The zero-order valence-electron chi connectivity index (χ0n) is 12.6. The number of hydrogen-bond donors (Lipinski definition) is 0. The normalized spacial score (nSPS) is 14.3. The van der Waals surface area contributed by atoms with Crippen molar-refractivity contribution in [2.45, 2.75) is 19.3 Å². The van der Waals surface area contributed by atoms with Gasteiger partial charge < -0.3 is 9.32 Å². The molecule has 4 rings (SSSR count). The Balaban J connectivity index is 1.67. The molecule has 1 aromatic carbocycles. The van der Waals surface area contributed by atoms with E-state index >= 15 is 0 Å². The van der Waals surface area contributed by atoms with Crippen LogP contribution >= 0.6 is 11.3 Å². The first-order valence-corrected chi connectivity index (χ1v) is 8.60. The summed E-state index contributed by atoms with van der Waals surface area (Å²) in [6.45, 7) is 0.740. The Labute approximate surface area is 138 Å². The van der Waals surface area contributed by atoms with Crippen LogP contribution in [0.5, 0.6) is 0 Å². The average molecular weight is 324 g/mol. The van der Waals surface area contributed by atoms with Crippen LogP contribution in [0.1, 0.15) is 28.9 Å². The van der Waals surface area contributed by atoms with Crippen molar-refractivity contribution < 1.29 is 9.21 Å². The third kappa shape index (κ3) is 2.68. The molecule has 1 aliphatic heterocycles. The number of furan rings is 1. The number of rotatable bonds is 2. The Hall–Kier alpha value is -2.40. The van der Waals surface area contributed by atoms with E-state index in [0.29, 0.717) is 11.5 Å². The van der Waals surface area contributed by atoms with Gasteiger partial charge in [-0.3, -0.25) is 4.79 Å². The molecule has 3 aromatic rings. The van der Waals surface area contributed by atoms with Gasteiger partial charge in [0.2, 0.25) is 0 Å². The van der Waals surface area contributed by atoms with Gasteiger partial charge in [0.15, 0.2) is 10.8 Å². The van der Waals surface area contributed by atoms with Gasteiger partial charge in [0.25, 0.3) is 5.91 Å². The maximum absolute atomic E-state index is 12.9. The molecule has 0 aliphatic carbocycles. The van der Waals surface area contributed by atoms with Gasteiger partial charge in [-0.15, -0.1) is 11.3 Å². The van der Waals surface area contributed by atoms with E-state index in [0.717, 1.165) is 36.5 Å². The van der Waals surface area contributed by atoms with E-state index in [-0.39, 0.29) is 5.91 Å². The maximum Gasteiger partial charge on any atom is 0.277 e. The van der Waals surface area contributed by atoms with Gasteiger partial charge in [-0.05, 0) is 43.0 Å². The number of anilines is 1. The first kappa shape index (κ1) is 14.2. The highest BCUT2D eigenvalue weighted by Gasteiger charge is 2.24. The number of carbonyl (C=O) groups excluding carboxylic acids is 1. The van der Waals surface area contributed by atoms with E-state index in [1.807, 2.05) is 40.6 Å². The lowest BCUT2D eigenvalue weighted by molar-refractivity contribution is 0.0983.